The molecule has 0 radical (unpaired) electrons. The summed E-state index contributed by atoms with van der Waals surface area (Å²) in [5, 5.41) is 0. The molecule has 42 heavy (non-hydrogen) atoms. The summed E-state index contributed by atoms with van der Waals surface area (Å²) >= 11 is 2.18. The molecule has 0 heterocycles. The van der Waals surface area contributed by atoms with Gasteiger partial charge in [-0.1, -0.05) is 62.9 Å². The molecular formula is C39H40Cl2Ti-2. The van der Waals surface area contributed by atoms with Gasteiger partial charge in [-0.15, -0.1) is 12.0 Å². The van der Waals surface area contributed by atoms with Crippen molar-refractivity contribution in [2.75, 3.05) is 0 Å². The molecule has 3 heteroatoms. The van der Waals surface area contributed by atoms with Crippen LogP contribution in [0.1, 0.15) is 90.5 Å². The predicted molar refractivity (Wildman–Crippen MR) is 169 cm³/mol. The van der Waals surface area contributed by atoms with Crippen LogP contribution in [0.3, 0.4) is 0 Å². The van der Waals surface area contributed by atoms with Gasteiger partial charge in [0.1, 0.15) is 0 Å². The second kappa shape index (κ2) is 17.0. The van der Waals surface area contributed by atoms with E-state index in [2.05, 4.69) is 159 Å². The Balaban J connectivity index is 0.000000244. The van der Waals surface area contributed by atoms with Gasteiger partial charge in [0.05, 0.1) is 0 Å². The maximum absolute atomic E-state index is 3.49. The Morgan fingerprint density at radius 1 is 0.714 bits per heavy atom. The van der Waals surface area contributed by atoms with Crippen molar-refractivity contribution in [3.8, 4) is 11.1 Å². The molecule has 4 aromatic rings. The zero-order valence-corrected chi connectivity index (χ0v) is 28.6. The van der Waals surface area contributed by atoms with Gasteiger partial charge in [0.25, 0.3) is 0 Å². The van der Waals surface area contributed by atoms with Crippen LogP contribution in [0.25, 0.3) is 11.1 Å². The van der Waals surface area contributed by atoms with E-state index in [1.54, 1.807) is 0 Å². The summed E-state index contributed by atoms with van der Waals surface area (Å²) in [4.78, 5) is 0. The standard InChI is InChI=1S/C19H21.C15H14.C5H5.2ClH.Ti/c1-12(2)14-5-7-16-9-17-8-6-15(13(3)4)11-19(17)18(16)10-14;1-12-3-7-14(8-4-12)11-15-9-5-13(2)6-10-15;1-2-4-5-3-1;;;/h5-7,10-13H,9H2,1-4H3;3-10H,1-2H3;1-3H,4H2;2*1H;/q-1;;-1;;;+2/p-2. The minimum absolute atomic E-state index is 0. The zero-order valence-electron chi connectivity index (χ0n) is 25.6. The fourth-order valence-electron chi connectivity index (χ4n) is 4.76. The smallest absolute Gasteiger partial charge is 0.109 e. The Bertz CT molecular complexity index is 1390. The van der Waals surface area contributed by atoms with Crippen molar-refractivity contribution in [3.05, 3.63) is 154 Å². The Hall–Kier alpha value is -2.48. The van der Waals surface area contributed by atoms with E-state index in [1.165, 1.54) is 59.4 Å². The molecule has 0 nitrogen and oxygen atoms in total. The van der Waals surface area contributed by atoms with E-state index >= 15 is 0 Å². The topological polar surface area (TPSA) is 0 Å². The van der Waals surface area contributed by atoms with Crippen LogP contribution in [0.5, 0.6) is 0 Å². The van der Waals surface area contributed by atoms with Crippen LogP contribution in [0, 0.1) is 26.0 Å². The summed E-state index contributed by atoms with van der Waals surface area (Å²) < 4.78 is 1.33. The van der Waals surface area contributed by atoms with Crippen molar-refractivity contribution < 1.29 is 44.8 Å². The maximum atomic E-state index is 3.49. The van der Waals surface area contributed by atoms with E-state index < -0.39 is 0 Å². The molecule has 0 spiro atoms. The number of hydrogen-bond donors (Lipinski definition) is 0. The SMILES string of the molecule is CC(C)c1c[c-]c2c(c1)-c1cc(C(C)C)ccc1C2.Cc1ccc([C](=[Ti+2])c2ccc(C)cc2)cc1.[C-]1=CC=CC1.[Cl-].[Cl-]. The first kappa shape index (κ1) is 35.7. The molecule has 0 N–H and O–H groups in total. The molecule has 0 fully saturated rings. The van der Waals surface area contributed by atoms with Crippen LogP contribution in [-0.2, 0) is 26.4 Å². The van der Waals surface area contributed by atoms with Crippen molar-refractivity contribution in [2.24, 2.45) is 0 Å². The van der Waals surface area contributed by atoms with Crippen molar-refractivity contribution in [1.29, 1.82) is 0 Å². The first-order chi connectivity index (χ1) is 19.2. The van der Waals surface area contributed by atoms with Crippen LogP contribution in [0.2, 0.25) is 0 Å². The number of benzene rings is 4. The molecule has 0 atom stereocenters. The third kappa shape index (κ3) is 9.52. The molecule has 6 rings (SSSR count). The minimum atomic E-state index is 0. The quantitative estimate of drug-likeness (QED) is 0.209. The number of aryl methyl sites for hydroxylation is 2. The van der Waals surface area contributed by atoms with E-state index in [0.717, 1.165) is 12.8 Å². The monoisotopic (exact) mass is 626 g/mol. The molecule has 0 aliphatic heterocycles. The zero-order chi connectivity index (χ0) is 28.6. The van der Waals surface area contributed by atoms with Crippen molar-refractivity contribution in [3.63, 3.8) is 0 Å². The molecule has 0 saturated carbocycles. The van der Waals surface area contributed by atoms with E-state index in [9.17, 15) is 0 Å². The Morgan fingerprint density at radius 2 is 1.26 bits per heavy atom. The summed E-state index contributed by atoms with van der Waals surface area (Å²) in [6.45, 7) is 13.2. The van der Waals surface area contributed by atoms with Gasteiger partial charge < -0.3 is 24.8 Å². The minimum Gasteiger partial charge on any atom is -1.00 e. The van der Waals surface area contributed by atoms with Crippen molar-refractivity contribution >= 4 is 3.81 Å². The van der Waals surface area contributed by atoms with E-state index in [0.29, 0.717) is 11.8 Å². The van der Waals surface area contributed by atoms with Crippen LogP contribution in [-0.4, -0.2) is 3.81 Å². The van der Waals surface area contributed by atoms with E-state index in [1.807, 2.05) is 12.2 Å². The Kier molecular flexibility index (Phi) is 14.4. The third-order valence-electron chi connectivity index (χ3n) is 7.44. The van der Waals surface area contributed by atoms with E-state index in [-0.39, 0.29) is 24.8 Å². The van der Waals surface area contributed by atoms with Gasteiger partial charge in [0.2, 0.25) is 0 Å². The normalized spacial score (nSPS) is 11.9. The summed E-state index contributed by atoms with van der Waals surface area (Å²) in [7, 11) is 0. The molecule has 4 aromatic carbocycles. The van der Waals surface area contributed by atoms with Gasteiger partial charge in [0, 0.05) is 0 Å². The van der Waals surface area contributed by atoms with Gasteiger partial charge in [-0.05, 0) is 17.9 Å². The molecule has 0 amide bonds. The maximum Gasteiger partial charge on any atom is -0.109 e. The fourth-order valence-corrected chi connectivity index (χ4v) is 5.28. The molecule has 2 aliphatic rings. The second-order valence-corrected chi connectivity index (χ2v) is 12.1. The predicted octanol–water partition coefficient (Wildman–Crippen LogP) is 4.04. The average Bonchev–Trinajstić information content (AvgIpc) is 3.65. The number of rotatable bonds is 4. The first-order valence-corrected chi connectivity index (χ1v) is 15.1. The third-order valence-corrected chi connectivity index (χ3v) is 8.34. The largest absolute Gasteiger partial charge is 1.00 e. The fraction of sp³-hybridized carbons (Fsp3) is 0.256. The molecule has 0 aromatic heterocycles. The van der Waals surface area contributed by atoms with Gasteiger partial charge in [-0.25, -0.2) is 12.2 Å². The van der Waals surface area contributed by atoms with Crippen molar-refractivity contribution in [1.82, 2.24) is 0 Å². The van der Waals surface area contributed by atoms with Crippen LogP contribution >= 0.6 is 0 Å². The van der Waals surface area contributed by atoms with Gasteiger partial charge >= 0.3 is 108 Å². The second-order valence-electron chi connectivity index (χ2n) is 11.3. The molecule has 0 unspecified atom stereocenters. The number of halogens is 2. The molecule has 0 bridgehead atoms. The summed E-state index contributed by atoms with van der Waals surface area (Å²) in [5.74, 6) is 1.16. The average molecular weight is 628 g/mol. The number of fused-ring (bicyclic) bond motifs is 3. The van der Waals surface area contributed by atoms with E-state index in [4.69, 9.17) is 0 Å². The first-order valence-electron chi connectivity index (χ1n) is 14.3. The molecule has 2 aliphatic carbocycles. The van der Waals surface area contributed by atoms with Gasteiger partial charge in [-0.3, -0.25) is 6.08 Å². The summed E-state index contributed by atoms with van der Waals surface area (Å²) in [6, 6.07) is 32.4. The molecule has 216 valence electrons. The molecule has 0 saturated heterocycles. The summed E-state index contributed by atoms with van der Waals surface area (Å²) in [6.07, 6.45) is 11.0. The van der Waals surface area contributed by atoms with Crippen LogP contribution < -0.4 is 24.8 Å². The Labute approximate surface area is 278 Å². The number of allylic oxidation sites excluding steroid dienone is 4. The number of hydrogen-bond acceptors (Lipinski definition) is 0. The van der Waals surface area contributed by atoms with Gasteiger partial charge in [0.15, 0.2) is 0 Å². The van der Waals surface area contributed by atoms with Crippen LogP contribution in [0.4, 0.5) is 0 Å². The summed E-state index contributed by atoms with van der Waals surface area (Å²) in [5.41, 5.74) is 13.7. The Morgan fingerprint density at radius 3 is 1.71 bits per heavy atom. The van der Waals surface area contributed by atoms with Gasteiger partial charge in [-0.2, -0.15) is 35.4 Å². The molecular weight excluding hydrogens is 587 g/mol. The van der Waals surface area contributed by atoms with Crippen molar-refractivity contribution in [2.45, 2.75) is 66.2 Å². The van der Waals surface area contributed by atoms with Crippen LogP contribution in [0.15, 0.2) is 97.1 Å².